The molecule has 2 aromatic rings. The van der Waals surface area contributed by atoms with Crippen LogP contribution in [0.25, 0.3) is 0 Å². The molecule has 1 saturated carbocycles. The van der Waals surface area contributed by atoms with Gasteiger partial charge in [0.25, 0.3) is 0 Å². The van der Waals surface area contributed by atoms with E-state index in [0.717, 1.165) is 47.8 Å². The third-order valence-electron chi connectivity index (χ3n) is 6.24. The summed E-state index contributed by atoms with van der Waals surface area (Å²) in [6, 6.07) is 14.9. The second-order valence-corrected chi connectivity index (χ2v) is 11.2. The van der Waals surface area contributed by atoms with Gasteiger partial charge in [-0.15, -0.1) is 0 Å². The van der Waals surface area contributed by atoms with Gasteiger partial charge in [-0.05, 0) is 68.4 Å². The van der Waals surface area contributed by atoms with E-state index in [-0.39, 0.29) is 16.7 Å². The summed E-state index contributed by atoms with van der Waals surface area (Å²) in [6.07, 6.45) is 3.58. The molecule has 0 aromatic heterocycles. The lowest BCUT2D eigenvalue weighted by Gasteiger charge is -2.35. The fourth-order valence-electron chi connectivity index (χ4n) is 4.28. The minimum Gasteiger partial charge on any atom is -0.342 e. The molecule has 30 heavy (non-hydrogen) atoms. The summed E-state index contributed by atoms with van der Waals surface area (Å²) >= 11 is 3.51. The summed E-state index contributed by atoms with van der Waals surface area (Å²) in [5, 5.41) is 0. The number of rotatable bonds is 6. The van der Waals surface area contributed by atoms with E-state index in [2.05, 4.69) is 20.7 Å². The van der Waals surface area contributed by atoms with Crippen molar-refractivity contribution >= 4 is 31.9 Å². The van der Waals surface area contributed by atoms with E-state index in [1.807, 2.05) is 36.1 Å². The van der Waals surface area contributed by atoms with Gasteiger partial charge in [0.1, 0.15) is 0 Å². The van der Waals surface area contributed by atoms with Crippen LogP contribution in [-0.4, -0.2) is 38.9 Å². The predicted molar refractivity (Wildman–Crippen MR) is 121 cm³/mol. The van der Waals surface area contributed by atoms with Gasteiger partial charge >= 0.3 is 0 Å². The highest BCUT2D eigenvalue weighted by atomic mass is 79.9. The highest BCUT2D eigenvalue weighted by Gasteiger charge is 2.53. The van der Waals surface area contributed by atoms with Crippen LogP contribution in [0.4, 0.5) is 0 Å². The number of carbonyl (C=O) groups excluding carboxylic acids is 1. The number of sulfonamides is 1. The van der Waals surface area contributed by atoms with Crippen molar-refractivity contribution in [3.63, 3.8) is 0 Å². The van der Waals surface area contributed by atoms with E-state index in [0.29, 0.717) is 13.1 Å². The number of aryl methyl sites for hydroxylation is 1. The van der Waals surface area contributed by atoms with Crippen LogP contribution in [0.3, 0.4) is 0 Å². The number of nitrogens with zero attached hydrogens (tertiary/aromatic N) is 1. The van der Waals surface area contributed by atoms with Crippen LogP contribution >= 0.6 is 15.9 Å². The molecule has 1 aliphatic heterocycles. The van der Waals surface area contributed by atoms with Crippen LogP contribution in [0.15, 0.2) is 57.9 Å². The third-order valence-corrected chi connectivity index (χ3v) is 8.17. The zero-order valence-electron chi connectivity index (χ0n) is 17.1. The Hall–Kier alpha value is -1.70. The standard InChI is InChI=1S/C23H27BrN2O3S/c1-17-7-9-21(10-8-17)30(28,29)25-15-18-4-3-13-26(16-18)22(27)23(11-12-23)19-5-2-6-20(24)14-19/h2,5-10,14,18,25H,3-4,11-13,15-16H2,1H3. The average molecular weight is 491 g/mol. The smallest absolute Gasteiger partial charge is 0.240 e. The lowest BCUT2D eigenvalue weighted by molar-refractivity contribution is -0.135. The summed E-state index contributed by atoms with van der Waals surface area (Å²) in [6.45, 7) is 3.63. The van der Waals surface area contributed by atoms with Crippen LogP contribution in [0.1, 0.15) is 36.8 Å². The van der Waals surface area contributed by atoms with Gasteiger partial charge in [0.15, 0.2) is 0 Å². The molecule has 1 unspecified atom stereocenters. The maximum Gasteiger partial charge on any atom is 0.240 e. The summed E-state index contributed by atoms with van der Waals surface area (Å²) < 4.78 is 28.9. The van der Waals surface area contributed by atoms with Gasteiger partial charge in [-0.25, -0.2) is 13.1 Å². The van der Waals surface area contributed by atoms with Crippen LogP contribution in [-0.2, 0) is 20.2 Å². The second kappa shape index (κ2) is 8.44. The molecule has 0 radical (unpaired) electrons. The molecule has 5 nitrogen and oxygen atoms in total. The van der Waals surface area contributed by atoms with E-state index in [1.54, 1.807) is 24.3 Å². The number of carbonyl (C=O) groups is 1. The van der Waals surface area contributed by atoms with Crippen LogP contribution in [0, 0.1) is 12.8 Å². The van der Waals surface area contributed by atoms with E-state index in [1.165, 1.54) is 0 Å². The minimum absolute atomic E-state index is 0.126. The Kier molecular flexibility index (Phi) is 6.06. The molecule has 1 atom stereocenters. The molecule has 1 saturated heterocycles. The first-order chi connectivity index (χ1) is 14.3. The summed E-state index contributed by atoms with van der Waals surface area (Å²) in [4.78, 5) is 15.6. The predicted octanol–water partition coefficient (Wildman–Crippen LogP) is 4.01. The van der Waals surface area contributed by atoms with Crippen molar-refractivity contribution in [2.24, 2.45) is 5.92 Å². The minimum atomic E-state index is -3.54. The number of piperidine rings is 1. The van der Waals surface area contributed by atoms with Gasteiger partial charge in [-0.3, -0.25) is 4.79 Å². The van der Waals surface area contributed by atoms with Crippen molar-refractivity contribution in [1.29, 1.82) is 0 Å². The van der Waals surface area contributed by atoms with Gasteiger partial charge in [0.05, 0.1) is 10.3 Å². The van der Waals surface area contributed by atoms with Crippen LogP contribution in [0.2, 0.25) is 0 Å². The van der Waals surface area contributed by atoms with E-state index >= 15 is 0 Å². The summed E-state index contributed by atoms with van der Waals surface area (Å²) in [5.41, 5.74) is 1.70. The zero-order valence-corrected chi connectivity index (χ0v) is 19.5. The topological polar surface area (TPSA) is 66.5 Å². The maximum atomic E-state index is 13.4. The number of hydrogen-bond donors (Lipinski definition) is 1. The number of likely N-dealkylation sites (tertiary alicyclic amines) is 1. The Bertz CT molecular complexity index is 1030. The molecule has 1 heterocycles. The van der Waals surface area contributed by atoms with E-state index in [9.17, 15) is 13.2 Å². The zero-order chi connectivity index (χ0) is 21.4. The Labute approximate surface area is 187 Å². The van der Waals surface area contributed by atoms with Gasteiger partial charge < -0.3 is 4.90 Å². The van der Waals surface area contributed by atoms with Crippen molar-refractivity contribution < 1.29 is 13.2 Å². The average Bonchev–Trinajstić information content (AvgIpc) is 3.54. The Morgan fingerprint density at radius 3 is 2.60 bits per heavy atom. The SMILES string of the molecule is Cc1ccc(S(=O)(=O)NCC2CCCN(C(=O)C3(c4cccc(Br)c4)CC3)C2)cc1. The van der Waals surface area contributed by atoms with Gasteiger partial charge in [0.2, 0.25) is 15.9 Å². The fourth-order valence-corrected chi connectivity index (χ4v) is 5.80. The number of benzene rings is 2. The van der Waals surface area contributed by atoms with Crippen LogP contribution < -0.4 is 4.72 Å². The van der Waals surface area contributed by atoms with Gasteiger partial charge in [-0.2, -0.15) is 0 Å². The lowest BCUT2D eigenvalue weighted by Crippen LogP contribution is -2.47. The van der Waals surface area contributed by atoms with Crippen molar-refractivity contribution in [1.82, 2.24) is 9.62 Å². The van der Waals surface area contributed by atoms with Gasteiger partial charge in [-0.1, -0.05) is 45.8 Å². The molecule has 1 amide bonds. The molecule has 7 heteroatoms. The maximum absolute atomic E-state index is 13.4. The van der Waals surface area contributed by atoms with E-state index in [4.69, 9.17) is 0 Å². The molecule has 160 valence electrons. The molecule has 2 aromatic carbocycles. The molecule has 0 bridgehead atoms. The highest BCUT2D eigenvalue weighted by molar-refractivity contribution is 9.10. The molecule has 1 N–H and O–H groups in total. The first-order valence-electron chi connectivity index (χ1n) is 10.4. The third kappa shape index (κ3) is 4.48. The first-order valence-corrected chi connectivity index (χ1v) is 12.7. The Balaban J connectivity index is 1.40. The summed E-state index contributed by atoms with van der Waals surface area (Å²) in [5.74, 6) is 0.313. The normalized spacial score (nSPS) is 20.7. The molecule has 4 rings (SSSR count). The molecular weight excluding hydrogens is 464 g/mol. The second-order valence-electron chi connectivity index (χ2n) is 8.52. The molecule has 1 aliphatic carbocycles. The number of halogens is 1. The van der Waals surface area contributed by atoms with Crippen LogP contribution in [0.5, 0.6) is 0 Å². The van der Waals surface area contributed by atoms with Crippen molar-refractivity contribution in [3.05, 3.63) is 64.1 Å². The Morgan fingerprint density at radius 2 is 1.93 bits per heavy atom. The fraction of sp³-hybridized carbons (Fsp3) is 0.435. The summed E-state index contributed by atoms with van der Waals surface area (Å²) in [7, 11) is -3.54. The first kappa shape index (κ1) is 21.5. The molecular formula is C23H27BrN2O3S. The molecule has 2 fully saturated rings. The quantitative estimate of drug-likeness (QED) is 0.664. The number of hydrogen-bond acceptors (Lipinski definition) is 3. The number of amides is 1. The van der Waals surface area contributed by atoms with Crippen molar-refractivity contribution in [3.8, 4) is 0 Å². The van der Waals surface area contributed by atoms with Crippen molar-refractivity contribution in [2.75, 3.05) is 19.6 Å². The molecule has 0 spiro atoms. The largest absolute Gasteiger partial charge is 0.342 e. The van der Waals surface area contributed by atoms with E-state index < -0.39 is 15.4 Å². The highest BCUT2D eigenvalue weighted by Crippen LogP contribution is 2.50. The number of nitrogens with one attached hydrogen (secondary N) is 1. The molecule has 2 aliphatic rings. The lowest BCUT2D eigenvalue weighted by atomic mass is 9.91. The monoisotopic (exact) mass is 490 g/mol. The Morgan fingerprint density at radius 1 is 1.20 bits per heavy atom. The van der Waals surface area contributed by atoms with Crippen molar-refractivity contribution in [2.45, 2.75) is 42.9 Å². The van der Waals surface area contributed by atoms with Gasteiger partial charge in [0, 0.05) is 24.1 Å².